The van der Waals surface area contributed by atoms with E-state index in [9.17, 15) is 9.59 Å². The lowest BCUT2D eigenvalue weighted by Crippen LogP contribution is -2.53. The van der Waals surface area contributed by atoms with Crippen molar-refractivity contribution < 1.29 is 14.0 Å². The molecule has 1 aromatic heterocycles. The van der Waals surface area contributed by atoms with Gasteiger partial charge in [-0.15, -0.1) is 24.0 Å². The summed E-state index contributed by atoms with van der Waals surface area (Å²) in [5.41, 5.74) is 1.78. The molecule has 0 aliphatic carbocycles. The Labute approximate surface area is 193 Å². The summed E-state index contributed by atoms with van der Waals surface area (Å²) in [7, 11) is 0. The molecule has 1 aromatic carbocycles. The fraction of sp³-hybridized carbons (Fsp3) is 0.381. The number of amides is 2. The number of nitrogens with one attached hydrogen (secondary N) is 2. The van der Waals surface area contributed by atoms with Gasteiger partial charge in [-0.25, -0.2) is 4.99 Å². The van der Waals surface area contributed by atoms with Gasteiger partial charge in [-0.3, -0.25) is 9.59 Å². The van der Waals surface area contributed by atoms with Crippen LogP contribution in [0.3, 0.4) is 0 Å². The van der Waals surface area contributed by atoms with Crippen molar-refractivity contribution in [3.63, 3.8) is 0 Å². The molecule has 1 saturated heterocycles. The zero-order valence-electron chi connectivity index (χ0n) is 17.3. The van der Waals surface area contributed by atoms with Crippen LogP contribution < -0.4 is 10.6 Å². The van der Waals surface area contributed by atoms with Gasteiger partial charge in [-0.1, -0.05) is 12.1 Å². The Morgan fingerprint density at radius 2 is 1.83 bits per heavy atom. The monoisotopic (exact) mass is 525 g/mol. The number of hydrogen-bond donors (Lipinski definition) is 2. The van der Waals surface area contributed by atoms with Gasteiger partial charge in [0.2, 0.25) is 5.91 Å². The normalized spacial score (nSPS) is 14.1. The first-order valence-corrected chi connectivity index (χ1v) is 9.79. The van der Waals surface area contributed by atoms with E-state index in [2.05, 4.69) is 15.5 Å². The number of carbonyl (C=O) groups excluding carboxylic acids is 2. The molecule has 9 heteroatoms. The second-order valence-corrected chi connectivity index (χ2v) is 6.81. The van der Waals surface area contributed by atoms with Crippen molar-refractivity contribution >= 4 is 47.4 Å². The summed E-state index contributed by atoms with van der Waals surface area (Å²) < 4.78 is 5.22. The lowest BCUT2D eigenvalue weighted by atomic mass is 10.2. The molecule has 0 unspecified atom stereocenters. The van der Waals surface area contributed by atoms with E-state index in [1.165, 1.54) is 13.2 Å². The van der Waals surface area contributed by atoms with Crippen LogP contribution >= 0.6 is 24.0 Å². The zero-order chi connectivity index (χ0) is 20.6. The van der Waals surface area contributed by atoms with Crippen molar-refractivity contribution in [3.8, 4) is 0 Å². The second kappa shape index (κ2) is 11.6. The number of carbonyl (C=O) groups is 2. The van der Waals surface area contributed by atoms with Crippen molar-refractivity contribution in [3.05, 3.63) is 54.0 Å². The lowest BCUT2D eigenvalue weighted by molar-refractivity contribution is -0.114. The van der Waals surface area contributed by atoms with E-state index < -0.39 is 0 Å². The highest BCUT2D eigenvalue weighted by Crippen LogP contribution is 2.13. The molecule has 0 saturated carbocycles. The molecule has 2 N–H and O–H groups in total. The van der Waals surface area contributed by atoms with Crippen LogP contribution in [-0.4, -0.2) is 60.3 Å². The predicted molar refractivity (Wildman–Crippen MR) is 127 cm³/mol. The molecule has 2 heterocycles. The lowest BCUT2D eigenvalue weighted by Gasteiger charge is -2.36. The average Bonchev–Trinajstić information content (AvgIpc) is 3.25. The van der Waals surface area contributed by atoms with Gasteiger partial charge < -0.3 is 24.9 Å². The number of furan rings is 1. The zero-order valence-corrected chi connectivity index (χ0v) is 19.6. The van der Waals surface area contributed by atoms with Crippen LogP contribution in [0.1, 0.15) is 30.0 Å². The van der Waals surface area contributed by atoms with Crippen molar-refractivity contribution in [1.29, 1.82) is 0 Å². The predicted octanol–water partition coefficient (Wildman–Crippen LogP) is 2.78. The Kier molecular flexibility index (Phi) is 9.15. The third-order valence-corrected chi connectivity index (χ3v) is 4.59. The number of anilines is 1. The summed E-state index contributed by atoms with van der Waals surface area (Å²) in [6.07, 6.45) is 1.51. The van der Waals surface area contributed by atoms with Gasteiger partial charge in [-0.05, 0) is 36.8 Å². The smallest absolute Gasteiger partial charge is 0.289 e. The SMILES string of the molecule is CCNC(=NCc1cccc(NC(C)=O)c1)N1CCN(C(=O)c2ccco2)CC1.I. The molecule has 2 amide bonds. The molecule has 2 aromatic rings. The number of halogens is 1. The molecule has 0 bridgehead atoms. The summed E-state index contributed by atoms with van der Waals surface area (Å²) in [5, 5.41) is 6.11. The maximum atomic E-state index is 12.4. The fourth-order valence-electron chi connectivity index (χ4n) is 3.22. The van der Waals surface area contributed by atoms with Crippen LogP contribution in [0.25, 0.3) is 0 Å². The number of aliphatic imine (C=N–C) groups is 1. The van der Waals surface area contributed by atoms with Crippen molar-refractivity contribution in [2.75, 3.05) is 38.0 Å². The van der Waals surface area contributed by atoms with E-state index in [0.717, 1.165) is 23.8 Å². The van der Waals surface area contributed by atoms with Crippen LogP contribution in [0.4, 0.5) is 5.69 Å². The Morgan fingerprint density at radius 1 is 1.10 bits per heavy atom. The van der Waals surface area contributed by atoms with E-state index in [1.54, 1.807) is 17.0 Å². The number of hydrogen-bond acceptors (Lipinski definition) is 4. The topological polar surface area (TPSA) is 90.2 Å². The molecular formula is C21H28IN5O3. The van der Waals surface area contributed by atoms with Crippen LogP contribution in [0.5, 0.6) is 0 Å². The van der Waals surface area contributed by atoms with Gasteiger partial charge in [0.25, 0.3) is 5.91 Å². The summed E-state index contributed by atoms with van der Waals surface area (Å²) >= 11 is 0. The molecule has 8 nitrogen and oxygen atoms in total. The largest absolute Gasteiger partial charge is 0.459 e. The Bertz CT molecular complexity index is 861. The summed E-state index contributed by atoms with van der Waals surface area (Å²) in [6.45, 7) is 7.41. The third-order valence-electron chi connectivity index (χ3n) is 4.59. The number of nitrogens with zero attached hydrogens (tertiary/aromatic N) is 3. The maximum absolute atomic E-state index is 12.4. The molecule has 3 rings (SSSR count). The van der Waals surface area contributed by atoms with E-state index >= 15 is 0 Å². The van der Waals surface area contributed by atoms with E-state index in [1.807, 2.05) is 31.2 Å². The number of rotatable bonds is 5. The van der Waals surface area contributed by atoms with E-state index in [0.29, 0.717) is 38.5 Å². The molecule has 162 valence electrons. The maximum Gasteiger partial charge on any atom is 0.289 e. The molecule has 1 fully saturated rings. The third kappa shape index (κ3) is 6.48. The molecule has 0 spiro atoms. The molecule has 30 heavy (non-hydrogen) atoms. The fourth-order valence-corrected chi connectivity index (χ4v) is 3.22. The van der Waals surface area contributed by atoms with Gasteiger partial charge in [0.15, 0.2) is 11.7 Å². The van der Waals surface area contributed by atoms with Crippen LogP contribution in [0.15, 0.2) is 52.1 Å². The first-order chi connectivity index (χ1) is 14.1. The quantitative estimate of drug-likeness (QED) is 0.356. The highest BCUT2D eigenvalue weighted by atomic mass is 127. The summed E-state index contributed by atoms with van der Waals surface area (Å²) in [6, 6.07) is 11.1. The van der Waals surface area contributed by atoms with Crippen molar-refractivity contribution in [2.45, 2.75) is 20.4 Å². The highest BCUT2D eigenvalue weighted by Gasteiger charge is 2.25. The molecular weight excluding hydrogens is 497 g/mol. The van der Waals surface area contributed by atoms with Gasteiger partial charge in [-0.2, -0.15) is 0 Å². The minimum absolute atomic E-state index is 0. The molecule has 0 radical (unpaired) electrons. The molecule has 0 atom stereocenters. The standard InChI is InChI=1S/C21H27N5O3.HI/c1-3-22-21(23-15-17-6-4-7-18(14-17)24-16(2)27)26-11-9-25(10-12-26)20(28)19-8-5-13-29-19;/h4-8,13-14H,3,9-12,15H2,1-2H3,(H,22,23)(H,24,27);1H. The minimum atomic E-state index is -0.0963. The van der Waals surface area contributed by atoms with Gasteiger partial charge >= 0.3 is 0 Å². The Morgan fingerprint density at radius 3 is 2.47 bits per heavy atom. The van der Waals surface area contributed by atoms with Crippen LogP contribution in [0, 0.1) is 0 Å². The Hall–Kier alpha value is -2.56. The van der Waals surface area contributed by atoms with Crippen LogP contribution in [-0.2, 0) is 11.3 Å². The first kappa shape index (κ1) is 23.7. The second-order valence-electron chi connectivity index (χ2n) is 6.81. The number of benzene rings is 1. The van der Waals surface area contributed by atoms with E-state index in [4.69, 9.17) is 9.41 Å². The van der Waals surface area contributed by atoms with Gasteiger partial charge in [0.1, 0.15) is 0 Å². The van der Waals surface area contributed by atoms with Crippen LogP contribution in [0.2, 0.25) is 0 Å². The summed E-state index contributed by atoms with van der Waals surface area (Å²) in [4.78, 5) is 32.4. The van der Waals surface area contributed by atoms with Crippen molar-refractivity contribution in [2.24, 2.45) is 4.99 Å². The average molecular weight is 525 g/mol. The first-order valence-electron chi connectivity index (χ1n) is 9.79. The Balaban J connectivity index is 0.00000320. The van der Waals surface area contributed by atoms with Gasteiger partial charge in [0.05, 0.1) is 12.8 Å². The van der Waals surface area contributed by atoms with Crippen molar-refractivity contribution in [1.82, 2.24) is 15.1 Å². The molecule has 1 aliphatic heterocycles. The molecule has 1 aliphatic rings. The number of piperazine rings is 1. The minimum Gasteiger partial charge on any atom is -0.459 e. The highest BCUT2D eigenvalue weighted by molar-refractivity contribution is 14.0. The van der Waals surface area contributed by atoms with Gasteiger partial charge in [0, 0.05) is 45.3 Å². The number of guanidine groups is 1. The summed E-state index contributed by atoms with van der Waals surface area (Å²) in [5.74, 6) is 1.02. The van der Waals surface area contributed by atoms with E-state index in [-0.39, 0.29) is 35.8 Å².